The number of hydrogen-bond acceptors (Lipinski definition) is 4. The Morgan fingerprint density at radius 2 is 2.37 bits per heavy atom. The molecule has 1 atom stereocenters. The lowest BCUT2D eigenvalue weighted by Crippen LogP contribution is -2.12. The summed E-state index contributed by atoms with van der Waals surface area (Å²) in [6.45, 7) is 2.64. The molecule has 1 unspecified atom stereocenters. The first-order valence-electron chi connectivity index (χ1n) is 5.74. The maximum atomic E-state index is 11.1. The molecular formula is C13H13ClN2O2S. The SMILES string of the molecule is CC(CNc1cc(Cl)ccc1C(=O)O)c1nccs1. The van der Waals surface area contributed by atoms with Crippen molar-refractivity contribution in [1.29, 1.82) is 0 Å². The summed E-state index contributed by atoms with van der Waals surface area (Å²) in [6, 6.07) is 4.70. The molecule has 0 saturated carbocycles. The summed E-state index contributed by atoms with van der Waals surface area (Å²) in [5.74, 6) is -0.762. The van der Waals surface area contributed by atoms with E-state index in [0.29, 0.717) is 17.3 Å². The second-order valence-electron chi connectivity index (χ2n) is 4.15. The van der Waals surface area contributed by atoms with Crippen molar-refractivity contribution in [1.82, 2.24) is 4.98 Å². The van der Waals surface area contributed by atoms with Gasteiger partial charge in [-0.1, -0.05) is 18.5 Å². The minimum absolute atomic E-state index is 0.209. The van der Waals surface area contributed by atoms with Crippen LogP contribution in [0.2, 0.25) is 5.02 Å². The monoisotopic (exact) mass is 296 g/mol. The Kier molecular flexibility index (Phi) is 4.39. The molecule has 6 heteroatoms. The number of aromatic nitrogens is 1. The Morgan fingerprint density at radius 3 is 3.00 bits per heavy atom. The molecule has 2 N–H and O–H groups in total. The maximum Gasteiger partial charge on any atom is 0.337 e. The standard InChI is InChI=1S/C13H13ClN2O2S/c1-8(12-15-4-5-19-12)7-16-11-6-9(14)2-3-10(11)13(17)18/h2-6,8,16H,7H2,1H3,(H,17,18). The molecule has 0 fully saturated rings. The van der Waals surface area contributed by atoms with Crippen LogP contribution in [-0.4, -0.2) is 22.6 Å². The Balaban J connectivity index is 2.10. The summed E-state index contributed by atoms with van der Waals surface area (Å²) in [4.78, 5) is 15.4. The minimum Gasteiger partial charge on any atom is -0.478 e. The second kappa shape index (κ2) is 6.04. The summed E-state index contributed by atoms with van der Waals surface area (Å²) < 4.78 is 0. The average molecular weight is 297 g/mol. The molecular weight excluding hydrogens is 284 g/mol. The summed E-state index contributed by atoms with van der Waals surface area (Å²) in [5, 5.41) is 15.7. The van der Waals surface area contributed by atoms with Gasteiger partial charge in [-0.05, 0) is 18.2 Å². The number of carboxylic acid groups (broad SMARTS) is 1. The smallest absolute Gasteiger partial charge is 0.337 e. The largest absolute Gasteiger partial charge is 0.478 e. The highest BCUT2D eigenvalue weighted by Crippen LogP contribution is 2.23. The number of anilines is 1. The summed E-state index contributed by atoms with van der Waals surface area (Å²) in [5.41, 5.74) is 0.749. The molecule has 0 radical (unpaired) electrons. The van der Waals surface area contributed by atoms with E-state index in [0.717, 1.165) is 5.01 Å². The van der Waals surface area contributed by atoms with Gasteiger partial charge in [-0.2, -0.15) is 0 Å². The van der Waals surface area contributed by atoms with E-state index < -0.39 is 5.97 Å². The molecule has 0 aliphatic heterocycles. The molecule has 100 valence electrons. The predicted molar refractivity (Wildman–Crippen MR) is 77.4 cm³/mol. The number of benzene rings is 1. The number of rotatable bonds is 5. The summed E-state index contributed by atoms with van der Waals surface area (Å²) in [7, 11) is 0. The van der Waals surface area contributed by atoms with Crippen LogP contribution in [0.5, 0.6) is 0 Å². The fourth-order valence-electron chi connectivity index (χ4n) is 1.68. The zero-order valence-corrected chi connectivity index (χ0v) is 11.8. The zero-order chi connectivity index (χ0) is 13.8. The van der Waals surface area contributed by atoms with E-state index in [1.54, 1.807) is 29.7 Å². The van der Waals surface area contributed by atoms with Crippen LogP contribution in [0.25, 0.3) is 0 Å². The molecule has 19 heavy (non-hydrogen) atoms. The first-order valence-corrected chi connectivity index (χ1v) is 7.00. The molecule has 0 amide bonds. The second-order valence-corrected chi connectivity index (χ2v) is 5.51. The lowest BCUT2D eigenvalue weighted by Gasteiger charge is -2.13. The van der Waals surface area contributed by atoms with E-state index in [1.807, 2.05) is 12.3 Å². The number of hydrogen-bond donors (Lipinski definition) is 2. The van der Waals surface area contributed by atoms with Crippen LogP contribution >= 0.6 is 22.9 Å². The van der Waals surface area contributed by atoms with Gasteiger partial charge in [0.15, 0.2) is 0 Å². The van der Waals surface area contributed by atoms with Gasteiger partial charge >= 0.3 is 5.97 Å². The van der Waals surface area contributed by atoms with E-state index >= 15 is 0 Å². The van der Waals surface area contributed by atoms with Crippen LogP contribution in [0.4, 0.5) is 5.69 Å². The van der Waals surface area contributed by atoms with E-state index in [-0.39, 0.29) is 11.5 Å². The third-order valence-corrected chi connectivity index (χ3v) is 3.93. The molecule has 0 aliphatic carbocycles. The average Bonchev–Trinajstić information content (AvgIpc) is 2.89. The normalized spacial score (nSPS) is 12.1. The van der Waals surface area contributed by atoms with Crippen LogP contribution in [0.3, 0.4) is 0 Å². The van der Waals surface area contributed by atoms with Crippen molar-refractivity contribution in [2.45, 2.75) is 12.8 Å². The fourth-order valence-corrected chi connectivity index (χ4v) is 2.55. The fraction of sp³-hybridized carbons (Fsp3) is 0.231. The van der Waals surface area contributed by atoms with E-state index in [4.69, 9.17) is 16.7 Å². The van der Waals surface area contributed by atoms with Crippen LogP contribution in [0.1, 0.15) is 28.2 Å². The van der Waals surface area contributed by atoms with Gasteiger partial charge in [0.05, 0.1) is 16.3 Å². The molecule has 1 aromatic heterocycles. The molecule has 2 aromatic rings. The Labute approximate surface area is 120 Å². The zero-order valence-electron chi connectivity index (χ0n) is 10.3. The van der Waals surface area contributed by atoms with Gasteiger partial charge in [-0.25, -0.2) is 9.78 Å². The van der Waals surface area contributed by atoms with Crippen LogP contribution < -0.4 is 5.32 Å². The molecule has 1 aromatic carbocycles. The van der Waals surface area contributed by atoms with Crippen LogP contribution in [0.15, 0.2) is 29.8 Å². The van der Waals surface area contributed by atoms with Gasteiger partial charge in [0, 0.05) is 29.1 Å². The van der Waals surface area contributed by atoms with Gasteiger partial charge in [0.2, 0.25) is 0 Å². The number of aromatic carboxylic acids is 1. The molecule has 0 saturated heterocycles. The number of carboxylic acids is 1. The Bertz CT molecular complexity index is 572. The Hall–Kier alpha value is -1.59. The van der Waals surface area contributed by atoms with Crippen molar-refractivity contribution in [2.75, 3.05) is 11.9 Å². The van der Waals surface area contributed by atoms with Crippen LogP contribution in [-0.2, 0) is 0 Å². The van der Waals surface area contributed by atoms with Crippen molar-refractivity contribution < 1.29 is 9.90 Å². The molecule has 2 rings (SSSR count). The van der Waals surface area contributed by atoms with Crippen molar-refractivity contribution in [3.05, 3.63) is 45.4 Å². The van der Waals surface area contributed by atoms with E-state index in [2.05, 4.69) is 10.3 Å². The number of nitrogens with one attached hydrogen (secondary N) is 1. The van der Waals surface area contributed by atoms with Crippen molar-refractivity contribution >= 4 is 34.6 Å². The van der Waals surface area contributed by atoms with Crippen molar-refractivity contribution in [3.63, 3.8) is 0 Å². The van der Waals surface area contributed by atoms with Crippen molar-refractivity contribution in [3.8, 4) is 0 Å². The minimum atomic E-state index is -0.971. The maximum absolute atomic E-state index is 11.1. The van der Waals surface area contributed by atoms with Gasteiger partial charge in [-0.15, -0.1) is 11.3 Å². The van der Waals surface area contributed by atoms with Gasteiger partial charge in [0.1, 0.15) is 0 Å². The highest BCUT2D eigenvalue weighted by atomic mass is 35.5. The number of carbonyl (C=O) groups is 1. The number of halogens is 1. The summed E-state index contributed by atoms with van der Waals surface area (Å²) in [6.07, 6.45) is 1.76. The quantitative estimate of drug-likeness (QED) is 0.883. The highest BCUT2D eigenvalue weighted by Gasteiger charge is 2.13. The first kappa shape index (κ1) is 13.8. The topological polar surface area (TPSA) is 62.2 Å². The summed E-state index contributed by atoms with van der Waals surface area (Å²) >= 11 is 7.48. The lowest BCUT2D eigenvalue weighted by molar-refractivity contribution is 0.0698. The van der Waals surface area contributed by atoms with E-state index in [9.17, 15) is 4.79 Å². The highest BCUT2D eigenvalue weighted by molar-refractivity contribution is 7.09. The number of thiazole rings is 1. The third kappa shape index (κ3) is 3.45. The first-order chi connectivity index (χ1) is 9.08. The number of nitrogens with zero attached hydrogens (tertiary/aromatic N) is 1. The molecule has 1 heterocycles. The van der Waals surface area contributed by atoms with Crippen molar-refractivity contribution in [2.24, 2.45) is 0 Å². The Morgan fingerprint density at radius 1 is 1.58 bits per heavy atom. The molecule has 0 bridgehead atoms. The van der Waals surface area contributed by atoms with Gasteiger partial charge in [0.25, 0.3) is 0 Å². The van der Waals surface area contributed by atoms with Gasteiger partial charge in [-0.3, -0.25) is 0 Å². The molecule has 0 aliphatic rings. The third-order valence-electron chi connectivity index (χ3n) is 2.68. The molecule has 4 nitrogen and oxygen atoms in total. The van der Waals surface area contributed by atoms with E-state index in [1.165, 1.54) is 6.07 Å². The predicted octanol–water partition coefficient (Wildman–Crippen LogP) is 3.71. The van der Waals surface area contributed by atoms with Crippen LogP contribution in [0, 0.1) is 0 Å². The molecule has 0 spiro atoms. The van der Waals surface area contributed by atoms with Gasteiger partial charge < -0.3 is 10.4 Å². The lowest BCUT2D eigenvalue weighted by atomic mass is 10.1.